The van der Waals surface area contributed by atoms with Crippen LogP contribution in [-0.2, 0) is 23.0 Å². The topological polar surface area (TPSA) is 53.2 Å². The normalized spacial score (nSPS) is 15.6. The Bertz CT molecular complexity index is 1040. The van der Waals surface area contributed by atoms with Gasteiger partial charge in [-0.25, -0.2) is 12.8 Å². The summed E-state index contributed by atoms with van der Waals surface area (Å²) in [6.07, 6.45) is 0.642. The lowest BCUT2D eigenvalue weighted by molar-refractivity contribution is 0.391. The van der Waals surface area contributed by atoms with E-state index in [-0.39, 0.29) is 4.90 Å². The van der Waals surface area contributed by atoms with Crippen LogP contribution >= 0.6 is 0 Å². The Balaban J connectivity index is 1.74. The zero-order valence-corrected chi connectivity index (χ0v) is 14.0. The molecule has 1 aliphatic rings. The molecule has 0 saturated carbocycles. The maximum Gasteiger partial charge on any atom is 0.243 e. The van der Waals surface area contributed by atoms with Gasteiger partial charge in [-0.15, -0.1) is 0 Å². The molecule has 2 heterocycles. The second-order valence-electron chi connectivity index (χ2n) is 6.13. The Morgan fingerprint density at radius 2 is 1.96 bits per heavy atom. The van der Waals surface area contributed by atoms with Crippen molar-refractivity contribution in [2.24, 2.45) is 0 Å². The van der Waals surface area contributed by atoms with Crippen LogP contribution in [0, 0.1) is 12.7 Å². The van der Waals surface area contributed by atoms with Gasteiger partial charge in [-0.2, -0.15) is 4.31 Å². The molecule has 0 saturated heterocycles. The van der Waals surface area contributed by atoms with Crippen LogP contribution in [0.3, 0.4) is 0 Å². The summed E-state index contributed by atoms with van der Waals surface area (Å²) < 4.78 is 40.7. The van der Waals surface area contributed by atoms with E-state index in [9.17, 15) is 12.8 Å². The highest BCUT2D eigenvalue weighted by Gasteiger charge is 2.30. The van der Waals surface area contributed by atoms with Gasteiger partial charge in [-0.05, 0) is 42.3 Å². The number of nitrogens with zero attached hydrogens (tertiary/aromatic N) is 1. The number of aryl methyl sites for hydroxylation is 1. The van der Waals surface area contributed by atoms with Crippen molar-refractivity contribution in [2.45, 2.75) is 24.8 Å². The van der Waals surface area contributed by atoms with Crippen LogP contribution in [-0.4, -0.2) is 24.3 Å². The van der Waals surface area contributed by atoms with Gasteiger partial charge >= 0.3 is 0 Å². The van der Waals surface area contributed by atoms with E-state index in [1.807, 2.05) is 24.3 Å². The number of aromatic amines is 1. The van der Waals surface area contributed by atoms with Crippen LogP contribution in [0.1, 0.15) is 16.8 Å². The van der Waals surface area contributed by atoms with Crippen molar-refractivity contribution in [3.8, 4) is 0 Å². The predicted molar refractivity (Wildman–Crippen MR) is 90.7 cm³/mol. The fourth-order valence-corrected chi connectivity index (χ4v) is 4.77. The van der Waals surface area contributed by atoms with Crippen molar-refractivity contribution in [1.29, 1.82) is 0 Å². The first-order chi connectivity index (χ1) is 11.5. The Hall–Kier alpha value is -2.18. The summed E-state index contributed by atoms with van der Waals surface area (Å²) in [6, 6.07) is 11.9. The van der Waals surface area contributed by atoms with Crippen molar-refractivity contribution in [1.82, 2.24) is 9.29 Å². The van der Waals surface area contributed by atoms with E-state index >= 15 is 0 Å². The number of para-hydroxylation sites is 1. The van der Waals surface area contributed by atoms with Gasteiger partial charge in [0.25, 0.3) is 0 Å². The van der Waals surface area contributed by atoms with Gasteiger partial charge < -0.3 is 4.98 Å². The fraction of sp³-hybridized carbons (Fsp3) is 0.222. The minimum Gasteiger partial charge on any atom is -0.358 e. The smallest absolute Gasteiger partial charge is 0.243 e. The summed E-state index contributed by atoms with van der Waals surface area (Å²) in [7, 11) is -3.64. The molecule has 0 amide bonds. The van der Waals surface area contributed by atoms with Gasteiger partial charge in [-0.3, -0.25) is 0 Å². The zero-order chi connectivity index (χ0) is 16.9. The highest BCUT2D eigenvalue weighted by Crippen LogP contribution is 2.30. The first kappa shape index (κ1) is 15.4. The molecule has 0 aliphatic carbocycles. The third-order valence-electron chi connectivity index (χ3n) is 4.61. The van der Waals surface area contributed by atoms with Crippen molar-refractivity contribution < 1.29 is 12.8 Å². The summed E-state index contributed by atoms with van der Waals surface area (Å²) in [5.41, 5.74) is 3.48. The molecule has 3 aromatic rings. The SMILES string of the molecule is Cc1cc(S(=O)(=O)N2CCc3[nH]c4ccccc4c3C2)ccc1F. The molecule has 1 aromatic heterocycles. The molecule has 24 heavy (non-hydrogen) atoms. The average molecular weight is 344 g/mol. The van der Waals surface area contributed by atoms with Crippen molar-refractivity contribution in [3.63, 3.8) is 0 Å². The minimum absolute atomic E-state index is 0.143. The summed E-state index contributed by atoms with van der Waals surface area (Å²) in [5, 5.41) is 1.06. The van der Waals surface area contributed by atoms with Crippen LogP contribution in [0.5, 0.6) is 0 Å². The lowest BCUT2D eigenvalue weighted by atomic mass is 10.1. The van der Waals surface area contributed by atoms with Crippen LogP contribution in [0.4, 0.5) is 4.39 Å². The quantitative estimate of drug-likeness (QED) is 0.775. The molecule has 0 unspecified atom stereocenters. The van der Waals surface area contributed by atoms with Crippen molar-refractivity contribution in [2.75, 3.05) is 6.54 Å². The third-order valence-corrected chi connectivity index (χ3v) is 6.46. The maximum atomic E-state index is 13.4. The van der Waals surface area contributed by atoms with Crippen LogP contribution < -0.4 is 0 Å². The van der Waals surface area contributed by atoms with E-state index in [2.05, 4.69) is 4.98 Å². The van der Waals surface area contributed by atoms with Gasteiger partial charge in [0.05, 0.1) is 4.90 Å². The average Bonchev–Trinajstić information content (AvgIpc) is 2.95. The number of fused-ring (bicyclic) bond motifs is 3. The number of hydrogen-bond donors (Lipinski definition) is 1. The van der Waals surface area contributed by atoms with Gasteiger partial charge in [0.1, 0.15) is 5.82 Å². The number of aromatic nitrogens is 1. The van der Waals surface area contributed by atoms with Gasteiger partial charge in [-0.1, -0.05) is 18.2 Å². The van der Waals surface area contributed by atoms with E-state index in [1.165, 1.54) is 22.5 Å². The van der Waals surface area contributed by atoms with E-state index in [1.54, 1.807) is 6.92 Å². The molecule has 0 spiro atoms. The van der Waals surface area contributed by atoms with E-state index in [4.69, 9.17) is 0 Å². The molecule has 0 bridgehead atoms. The van der Waals surface area contributed by atoms with Crippen LogP contribution in [0.2, 0.25) is 0 Å². The second kappa shape index (κ2) is 5.43. The summed E-state index contributed by atoms with van der Waals surface area (Å²) in [4.78, 5) is 3.52. The number of H-pyrrole nitrogens is 1. The molecule has 0 fully saturated rings. The van der Waals surface area contributed by atoms with Crippen molar-refractivity contribution >= 4 is 20.9 Å². The van der Waals surface area contributed by atoms with E-state index in [0.717, 1.165) is 22.2 Å². The number of nitrogens with one attached hydrogen (secondary N) is 1. The minimum atomic E-state index is -3.64. The van der Waals surface area contributed by atoms with Gasteiger partial charge in [0.2, 0.25) is 10.0 Å². The van der Waals surface area contributed by atoms with Gasteiger partial charge in [0.15, 0.2) is 0 Å². The fourth-order valence-electron chi connectivity index (χ4n) is 3.27. The lowest BCUT2D eigenvalue weighted by Crippen LogP contribution is -2.35. The number of halogens is 1. The summed E-state index contributed by atoms with van der Waals surface area (Å²) >= 11 is 0. The molecule has 4 nitrogen and oxygen atoms in total. The third kappa shape index (κ3) is 2.34. The molecule has 1 aliphatic heterocycles. The Morgan fingerprint density at radius 3 is 2.75 bits per heavy atom. The molecule has 2 aromatic carbocycles. The van der Waals surface area contributed by atoms with Crippen LogP contribution in [0.25, 0.3) is 10.9 Å². The lowest BCUT2D eigenvalue weighted by Gasteiger charge is -2.26. The Morgan fingerprint density at radius 1 is 1.17 bits per heavy atom. The predicted octanol–water partition coefficient (Wildman–Crippen LogP) is 3.36. The molecule has 0 atom stereocenters. The number of sulfonamides is 1. The van der Waals surface area contributed by atoms with Crippen LogP contribution in [0.15, 0.2) is 47.4 Å². The molecule has 0 radical (unpaired) electrons. The molecular weight excluding hydrogens is 327 g/mol. The maximum absolute atomic E-state index is 13.4. The number of benzene rings is 2. The van der Waals surface area contributed by atoms with Crippen molar-refractivity contribution in [3.05, 3.63) is 65.1 Å². The first-order valence-electron chi connectivity index (χ1n) is 7.81. The standard InChI is InChI=1S/C18H17FN2O2S/c1-12-10-13(6-7-16(12)19)24(22,23)21-9-8-18-15(11-21)14-4-2-3-5-17(14)20-18/h2-7,10,20H,8-9,11H2,1H3. The monoisotopic (exact) mass is 344 g/mol. The Labute approximate surface area is 140 Å². The highest BCUT2D eigenvalue weighted by molar-refractivity contribution is 7.89. The van der Waals surface area contributed by atoms with Gasteiger partial charge in [0, 0.05) is 36.1 Å². The van der Waals surface area contributed by atoms with E-state index < -0.39 is 15.8 Å². The number of rotatable bonds is 2. The second-order valence-corrected chi connectivity index (χ2v) is 8.07. The molecular formula is C18H17FN2O2S. The summed E-state index contributed by atoms with van der Waals surface area (Å²) in [5.74, 6) is -0.397. The molecule has 124 valence electrons. The number of hydrogen-bond acceptors (Lipinski definition) is 2. The molecule has 4 rings (SSSR count). The highest BCUT2D eigenvalue weighted by atomic mass is 32.2. The molecule has 6 heteroatoms. The Kier molecular flexibility index (Phi) is 3.47. The largest absolute Gasteiger partial charge is 0.358 e. The molecule has 1 N–H and O–H groups in total. The first-order valence-corrected chi connectivity index (χ1v) is 9.25. The van der Waals surface area contributed by atoms with E-state index in [0.29, 0.717) is 25.1 Å². The summed E-state index contributed by atoms with van der Waals surface area (Å²) in [6.45, 7) is 2.32. The zero-order valence-electron chi connectivity index (χ0n) is 13.2.